The molecule has 14 rings (SSSR count). The maximum absolute atomic E-state index is 14.0. The SMILES string of the molecule is O=C(Nc1cc(F)cc(C(F)(F)F)c1)N(Cc1ccccc1)C1CCN(Cc2ccccc2OCc2ccccc2)CC1.O=C(Nc1cc(F)cc(C(F)(F)F)c1)N(Cc1ccccc1)C1CCN(Cc2ccn[nH]2)CC1.O=C(Nc1cc(F)cc(C(F)(F)F)c1)N(Cc1ccccc1)C1CCN(Cc2csc3ccccc23)CC1. The summed E-state index contributed by atoms with van der Waals surface area (Å²) in [6, 6.07) is 60.5. The number of rotatable bonds is 21. The number of piperidine rings is 3. The van der Waals surface area contributed by atoms with Gasteiger partial charge in [0.1, 0.15) is 29.8 Å². The fourth-order valence-electron chi connectivity index (χ4n) is 14.4. The molecule has 5 heterocycles. The van der Waals surface area contributed by atoms with Crippen LogP contribution in [0.2, 0.25) is 0 Å². The molecule has 6 amide bonds. The highest BCUT2D eigenvalue weighted by molar-refractivity contribution is 7.17. The van der Waals surface area contributed by atoms with E-state index in [-0.39, 0.29) is 41.7 Å². The van der Waals surface area contributed by atoms with Gasteiger partial charge in [0.05, 0.1) is 16.7 Å². The number of fused-ring (bicyclic) bond motifs is 1. The topological polar surface area (TPSA) is 145 Å². The molecule has 602 valence electrons. The smallest absolute Gasteiger partial charge is 0.416 e. The van der Waals surface area contributed by atoms with Gasteiger partial charge >= 0.3 is 36.6 Å². The molecule has 0 spiro atoms. The summed E-state index contributed by atoms with van der Waals surface area (Å²) < 4.78 is 168. The fraction of sp³-hybridized carbons (Fsp3) is 0.287. The molecule has 3 saturated heterocycles. The Morgan fingerprint density at radius 1 is 0.417 bits per heavy atom. The third-order valence-corrected chi connectivity index (χ3v) is 21.3. The van der Waals surface area contributed by atoms with E-state index in [1.165, 1.54) is 15.6 Å². The second-order valence-electron chi connectivity index (χ2n) is 28.6. The fourth-order valence-corrected chi connectivity index (χ4v) is 15.4. The minimum Gasteiger partial charge on any atom is -0.489 e. The number of amides is 6. The molecule has 2 aromatic heterocycles. The van der Waals surface area contributed by atoms with Gasteiger partial charge in [-0.05, 0) is 150 Å². The molecule has 4 N–H and O–H groups in total. The molecule has 0 aliphatic carbocycles. The first kappa shape index (κ1) is 83.2. The Balaban J connectivity index is 0.000000160. The van der Waals surface area contributed by atoms with Crippen LogP contribution in [-0.4, -0.2) is 115 Å². The Labute approximate surface area is 662 Å². The van der Waals surface area contributed by atoms with Crippen LogP contribution in [0.3, 0.4) is 0 Å². The monoisotopic (exact) mass is 1610 g/mol. The predicted octanol–water partition coefficient (Wildman–Crippen LogP) is 21.1. The Kier molecular flexibility index (Phi) is 28.0. The van der Waals surface area contributed by atoms with E-state index < -0.39 is 70.8 Å². The zero-order valence-corrected chi connectivity index (χ0v) is 63.3. The summed E-state index contributed by atoms with van der Waals surface area (Å²) in [6.45, 7) is 8.07. The highest BCUT2D eigenvalue weighted by atomic mass is 32.1. The number of carbonyl (C=O) groups excluding carboxylic acids is 3. The molecular weight excluding hydrogens is 1520 g/mol. The van der Waals surface area contributed by atoms with E-state index in [0.29, 0.717) is 83.2 Å². The molecule has 0 bridgehead atoms. The van der Waals surface area contributed by atoms with Crippen LogP contribution in [0, 0.1) is 17.5 Å². The third-order valence-electron chi connectivity index (χ3n) is 20.3. The molecule has 28 heteroatoms. The Morgan fingerprint density at radius 3 is 1.15 bits per heavy atom. The van der Waals surface area contributed by atoms with Gasteiger partial charge in [-0.1, -0.05) is 158 Å². The van der Waals surface area contributed by atoms with Crippen LogP contribution in [0.5, 0.6) is 5.75 Å². The lowest BCUT2D eigenvalue weighted by Gasteiger charge is -2.38. The van der Waals surface area contributed by atoms with E-state index in [1.807, 2.05) is 158 Å². The van der Waals surface area contributed by atoms with Crippen molar-refractivity contribution in [1.29, 1.82) is 0 Å². The first-order valence-electron chi connectivity index (χ1n) is 37.6. The molecule has 0 atom stereocenters. The van der Waals surface area contributed by atoms with E-state index in [0.717, 1.165) is 128 Å². The molecule has 3 aliphatic heterocycles. The number of benzene rings is 9. The van der Waals surface area contributed by atoms with Gasteiger partial charge in [0.2, 0.25) is 0 Å². The lowest BCUT2D eigenvalue weighted by Crippen LogP contribution is -2.48. The highest BCUT2D eigenvalue weighted by Gasteiger charge is 2.37. The van der Waals surface area contributed by atoms with Gasteiger partial charge in [0, 0.05) is 136 Å². The van der Waals surface area contributed by atoms with Crippen LogP contribution in [0.1, 0.15) is 94.3 Å². The first-order valence-corrected chi connectivity index (χ1v) is 38.5. The molecule has 9 aromatic carbocycles. The summed E-state index contributed by atoms with van der Waals surface area (Å²) >= 11 is 1.73. The maximum atomic E-state index is 14.0. The number of ether oxygens (including phenoxy) is 1. The summed E-state index contributed by atoms with van der Waals surface area (Å²) in [5, 5.41) is 17.9. The average Bonchev–Trinajstić information content (AvgIpc) is 1.75. The van der Waals surface area contributed by atoms with Crippen molar-refractivity contribution in [3.05, 3.63) is 315 Å². The van der Waals surface area contributed by atoms with E-state index in [1.54, 1.807) is 32.2 Å². The van der Waals surface area contributed by atoms with Gasteiger partial charge in [-0.25, -0.2) is 27.6 Å². The van der Waals surface area contributed by atoms with Gasteiger partial charge in [-0.3, -0.25) is 19.8 Å². The summed E-state index contributed by atoms with van der Waals surface area (Å²) in [7, 11) is 0. The first-order chi connectivity index (χ1) is 55.3. The van der Waals surface area contributed by atoms with Crippen molar-refractivity contribution < 1.29 is 71.8 Å². The van der Waals surface area contributed by atoms with Crippen LogP contribution in [0.15, 0.2) is 242 Å². The van der Waals surface area contributed by atoms with Crippen molar-refractivity contribution in [2.75, 3.05) is 55.2 Å². The van der Waals surface area contributed by atoms with Gasteiger partial charge in [-0.15, -0.1) is 11.3 Å². The van der Waals surface area contributed by atoms with E-state index >= 15 is 0 Å². The predicted molar refractivity (Wildman–Crippen MR) is 420 cm³/mol. The normalized spacial score (nSPS) is 14.9. The molecule has 11 aromatic rings. The number of hydrogen-bond acceptors (Lipinski definition) is 9. The number of likely N-dealkylation sites (tertiary alicyclic amines) is 3. The minimum atomic E-state index is -4.73. The molecule has 0 radical (unpaired) electrons. The van der Waals surface area contributed by atoms with Crippen LogP contribution < -0.4 is 20.7 Å². The van der Waals surface area contributed by atoms with Crippen molar-refractivity contribution in [2.45, 2.75) is 121 Å². The number of halogens is 12. The number of alkyl halides is 9. The zero-order valence-electron chi connectivity index (χ0n) is 62.5. The molecule has 3 aliphatic rings. The molecule has 0 saturated carbocycles. The number of urea groups is 3. The Hall–Kier alpha value is -11.2. The number of para-hydroxylation sites is 1. The van der Waals surface area contributed by atoms with Gasteiger partial charge in [-0.2, -0.15) is 44.6 Å². The number of thiophene rings is 1. The lowest BCUT2D eigenvalue weighted by atomic mass is 10.0. The summed E-state index contributed by atoms with van der Waals surface area (Å²) in [6.07, 6.45) is -8.28. The number of carbonyl (C=O) groups is 3. The third kappa shape index (κ3) is 24.2. The van der Waals surface area contributed by atoms with Crippen LogP contribution >= 0.6 is 11.3 Å². The number of hydrogen-bond donors (Lipinski definition) is 4. The van der Waals surface area contributed by atoms with Crippen LogP contribution in [-0.2, 0) is 64.4 Å². The van der Waals surface area contributed by atoms with Crippen molar-refractivity contribution in [3.8, 4) is 5.75 Å². The number of nitrogens with zero attached hydrogens (tertiary/aromatic N) is 7. The second-order valence-corrected chi connectivity index (χ2v) is 29.5. The number of H-pyrrole nitrogens is 1. The zero-order chi connectivity index (χ0) is 81.1. The highest BCUT2D eigenvalue weighted by Crippen LogP contribution is 2.37. The molecule has 0 unspecified atom stereocenters. The van der Waals surface area contributed by atoms with Crippen LogP contribution in [0.25, 0.3) is 10.1 Å². The van der Waals surface area contributed by atoms with Gasteiger partial charge in [0.15, 0.2) is 0 Å². The summed E-state index contributed by atoms with van der Waals surface area (Å²) in [5.41, 5.74) is 3.01. The second kappa shape index (κ2) is 38.8. The van der Waals surface area contributed by atoms with Crippen molar-refractivity contribution in [2.24, 2.45) is 0 Å². The van der Waals surface area contributed by atoms with E-state index in [4.69, 9.17) is 4.74 Å². The molecule has 3 fully saturated rings. The molecule has 15 nitrogen and oxygen atoms in total. The summed E-state index contributed by atoms with van der Waals surface area (Å²) in [4.78, 5) is 51.9. The lowest BCUT2D eigenvalue weighted by molar-refractivity contribution is -0.138. The van der Waals surface area contributed by atoms with Crippen molar-refractivity contribution in [3.63, 3.8) is 0 Å². The number of aromatic nitrogens is 2. The minimum absolute atomic E-state index is 0.110. The van der Waals surface area contributed by atoms with Crippen LogP contribution in [0.4, 0.5) is 84.1 Å². The quantitative estimate of drug-likeness (QED) is 0.0521. The van der Waals surface area contributed by atoms with Crippen molar-refractivity contribution >= 4 is 56.6 Å². The van der Waals surface area contributed by atoms with E-state index in [2.05, 4.69) is 64.4 Å². The number of aromatic amines is 1. The summed E-state index contributed by atoms with van der Waals surface area (Å²) in [5.74, 6) is -2.36. The molecular formula is C87H85F12N11O4S. The Morgan fingerprint density at radius 2 is 0.765 bits per heavy atom. The maximum Gasteiger partial charge on any atom is 0.416 e. The number of nitrogens with one attached hydrogen (secondary N) is 4. The average molecular weight is 1610 g/mol. The van der Waals surface area contributed by atoms with Crippen molar-refractivity contribution in [1.82, 2.24) is 39.6 Å². The largest absolute Gasteiger partial charge is 0.489 e. The van der Waals surface area contributed by atoms with Gasteiger partial charge in [0.25, 0.3) is 0 Å². The van der Waals surface area contributed by atoms with Gasteiger partial charge < -0.3 is 35.4 Å². The molecule has 115 heavy (non-hydrogen) atoms. The standard InChI is InChI=1S/C34H33F4N3O2.C29H27F4N3OS.C24H25F4N5O/c35-29-19-28(34(36,37)38)20-30(21-29)39-33(42)41(22-25-9-3-1-4-10-25)31-15-17-40(18-16-31)23-27-13-7-8-14-32(27)43-24-26-11-5-2-6-12-26;30-23-14-22(29(31,32)33)15-24(16-23)34-28(37)36(17-20-6-2-1-3-7-20)25-10-12-35(13-11-25)18-21-19-38-27-9-5-4-8-26(21)27;25-19-12-18(24(26,27)28)13-21(14-19)30-23(34)33(15-17-4-2-1-3-5-17)22-7-10-32(11-8-22)16-20-6-9-29-31-20/h1-14,19-21,31H,15-18,22-24H2,(H,39,42);1-9,14-16,19,25H,10-13,17-18H2,(H,34,37);1-6,9,12-14,22H,7-8,10-11,15-16H2,(H,29,31)(H,30,34). The Bertz CT molecular complexity index is 4950. The number of anilines is 3. The van der Waals surface area contributed by atoms with E-state index in [9.17, 15) is 67.1 Å².